The molecule has 0 unspecified atom stereocenters. The molecule has 1 N–H and O–H groups in total. The van der Waals surface area contributed by atoms with Crippen LogP contribution in [0.2, 0.25) is 13.1 Å². The Morgan fingerprint density at radius 2 is 1.75 bits per heavy atom. The van der Waals surface area contributed by atoms with Crippen molar-refractivity contribution in [3.8, 4) is 0 Å². The second kappa shape index (κ2) is 3.87. The molecule has 1 aromatic carbocycles. The van der Waals surface area contributed by atoms with Crippen LogP contribution >= 0.6 is 0 Å². The maximum Gasteiger partial charge on any atom is 0.151 e. The van der Waals surface area contributed by atoms with E-state index in [0.29, 0.717) is 0 Å². The molecule has 0 amide bonds. The molecule has 0 aliphatic rings. The first-order valence-electron chi connectivity index (χ1n) is 4.47. The lowest BCUT2D eigenvalue weighted by Crippen LogP contribution is -2.55. The van der Waals surface area contributed by atoms with Crippen molar-refractivity contribution in [3.63, 3.8) is 0 Å². The molecule has 0 saturated carbocycles. The Balaban J connectivity index is 2.82. The normalized spacial score (nSPS) is 11.6. The largest absolute Gasteiger partial charge is 0.334 e. The van der Waals surface area contributed by atoms with Crippen LogP contribution in [0.5, 0.6) is 0 Å². The van der Waals surface area contributed by atoms with Gasteiger partial charge < -0.3 is 4.98 Å². The minimum atomic E-state index is -1.33. The maximum atomic E-state index is 3.58. The molecule has 1 rings (SSSR count). The first-order chi connectivity index (χ1) is 5.67. The van der Waals surface area contributed by atoms with Crippen molar-refractivity contribution in [1.82, 2.24) is 4.98 Å². The summed E-state index contributed by atoms with van der Waals surface area (Å²) in [6.45, 7) is 7.91. The van der Waals surface area contributed by atoms with Crippen molar-refractivity contribution in [2.45, 2.75) is 20.0 Å². The molecule has 0 fully saturated rings. The van der Waals surface area contributed by atoms with Crippen LogP contribution in [0.4, 0.5) is 0 Å². The van der Waals surface area contributed by atoms with E-state index in [0.717, 1.165) is 6.54 Å². The Bertz CT molecular complexity index is 231. The van der Waals surface area contributed by atoms with Gasteiger partial charge in [0.05, 0.1) is 0 Å². The minimum Gasteiger partial charge on any atom is -0.334 e. The van der Waals surface area contributed by atoms with Gasteiger partial charge in [0.25, 0.3) is 0 Å². The fourth-order valence-electron chi connectivity index (χ4n) is 1.40. The zero-order valence-corrected chi connectivity index (χ0v) is 9.09. The van der Waals surface area contributed by atoms with Gasteiger partial charge in [-0.1, -0.05) is 50.3 Å². The lowest BCUT2D eigenvalue weighted by Gasteiger charge is -2.23. The van der Waals surface area contributed by atoms with E-state index in [2.05, 4.69) is 55.3 Å². The highest BCUT2D eigenvalue weighted by Gasteiger charge is 2.21. The first-order valence-corrected chi connectivity index (χ1v) is 7.47. The van der Waals surface area contributed by atoms with E-state index in [-0.39, 0.29) is 0 Å². The molecule has 0 radical (unpaired) electrons. The van der Waals surface area contributed by atoms with Crippen LogP contribution in [0.1, 0.15) is 6.92 Å². The Morgan fingerprint density at radius 3 is 2.25 bits per heavy atom. The molecule has 0 aliphatic heterocycles. The van der Waals surface area contributed by atoms with Crippen LogP contribution in [0.15, 0.2) is 30.3 Å². The van der Waals surface area contributed by atoms with Gasteiger partial charge in [-0.2, -0.15) is 0 Å². The van der Waals surface area contributed by atoms with Crippen molar-refractivity contribution in [2.75, 3.05) is 6.54 Å². The van der Waals surface area contributed by atoms with Gasteiger partial charge in [0.1, 0.15) is 0 Å². The lowest BCUT2D eigenvalue weighted by atomic mass is 10.4. The van der Waals surface area contributed by atoms with E-state index in [4.69, 9.17) is 0 Å². The molecule has 0 aliphatic carbocycles. The number of benzene rings is 1. The van der Waals surface area contributed by atoms with Gasteiger partial charge >= 0.3 is 0 Å². The Kier molecular flexibility index (Phi) is 3.06. The smallest absolute Gasteiger partial charge is 0.151 e. The van der Waals surface area contributed by atoms with Crippen molar-refractivity contribution in [1.29, 1.82) is 0 Å². The molecule has 1 nitrogen and oxygen atoms in total. The summed E-state index contributed by atoms with van der Waals surface area (Å²) in [6, 6.07) is 10.7. The summed E-state index contributed by atoms with van der Waals surface area (Å²) in [7, 11) is -1.33. The number of rotatable bonds is 3. The van der Waals surface area contributed by atoms with Crippen LogP contribution in [0.25, 0.3) is 0 Å². The predicted molar refractivity (Wildman–Crippen MR) is 57.2 cm³/mol. The molecule has 1 aromatic rings. The average molecular weight is 179 g/mol. The molecular weight excluding hydrogens is 162 g/mol. The van der Waals surface area contributed by atoms with E-state index < -0.39 is 8.24 Å². The topological polar surface area (TPSA) is 12.0 Å². The first kappa shape index (κ1) is 9.48. The second-order valence-electron chi connectivity index (χ2n) is 3.52. The van der Waals surface area contributed by atoms with E-state index in [1.165, 1.54) is 5.19 Å². The summed E-state index contributed by atoms with van der Waals surface area (Å²) in [6.07, 6.45) is 0. The van der Waals surface area contributed by atoms with Crippen molar-refractivity contribution < 1.29 is 0 Å². The van der Waals surface area contributed by atoms with Crippen LogP contribution in [0, 0.1) is 0 Å². The summed E-state index contributed by atoms with van der Waals surface area (Å²) < 4.78 is 0. The third kappa shape index (κ3) is 2.19. The Labute approximate surface area is 75.9 Å². The van der Waals surface area contributed by atoms with Crippen molar-refractivity contribution in [3.05, 3.63) is 30.3 Å². The minimum absolute atomic E-state index is 1.06. The number of hydrogen-bond donors (Lipinski definition) is 1. The molecule has 12 heavy (non-hydrogen) atoms. The van der Waals surface area contributed by atoms with Crippen LogP contribution < -0.4 is 10.2 Å². The van der Waals surface area contributed by atoms with Crippen molar-refractivity contribution in [2.24, 2.45) is 0 Å². The third-order valence-corrected chi connectivity index (χ3v) is 5.13. The Hall–Kier alpha value is -0.603. The molecular formula is C10H17NSi. The van der Waals surface area contributed by atoms with Crippen LogP contribution in [-0.4, -0.2) is 14.8 Å². The van der Waals surface area contributed by atoms with Gasteiger partial charge in [0.15, 0.2) is 8.24 Å². The van der Waals surface area contributed by atoms with E-state index in [9.17, 15) is 0 Å². The predicted octanol–water partition coefficient (Wildman–Crippen LogP) is 1.71. The maximum absolute atomic E-state index is 3.58. The molecule has 0 aromatic heterocycles. The third-order valence-electron chi connectivity index (χ3n) is 2.11. The fraction of sp³-hybridized carbons (Fsp3) is 0.400. The standard InChI is InChI=1S/C10H17NSi/c1-4-11-12(2,3)10-8-6-5-7-9-10/h5-9,11H,4H2,1-3H3. The van der Waals surface area contributed by atoms with Gasteiger partial charge in [0.2, 0.25) is 0 Å². The van der Waals surface area contributed by atoms with Crippen LogP contribution in [-0.2, 0) is 0 Å². The summed E-state index contributed by atoms with van der Waals surface area (Å²) in [5, 5.41) is 1.48. The molecule has 0 spiro atoms. The summed E-state index contributed by atoms with van der Waals surface area (Å²) in [5.74, 6) is 0. The summed E-state index contributed by atoms with van der Waals surface area (Å²) in [5.41, 5.74) is 0. The van der Waals surface area contributed by atoms with Crippen molar-refractivity contribution >= 4 is 13.4 Å². The second-order valence-corrected chi connectivity index (χ2v) is 7.70. The molecule has 0 saturated heterocycles. The zero-order valence-electron chi connectivity index (χ0n) is 8.09. The van der Waals surface area contributed by atoms with E-state index >= 15 is 0 Å². The van der Waals surface area contributed by atoms with Gasteiger partial charge in [0, 0.05) is 0 Å². The number of nitrogens with one attached hydrogen (secondary N) is 1. The highest BCUT2D eigenvalue weighted by atomic mass is 28.3. The molecule has 0 atom stereocenters. The zero-order chi connectivity index (χ0) is 9.03. The van der Waals surface area contributed by atoms with E-state index in [1.807, 2.05) is 0 Å². The van der Waals surface area contributed by atoms with Gasteiger partial charge in [-0.3, -0.25) is 0 Å². The summed E-state index contributed by atoms with van der Waals surface area (Å²) in [4.78, 5) is 3.58. The monoisotopic (exact) mass is 179 g/mol. The highest BCUT2D eigenvalue weighted by Crippen LogP contribution is 1.97. The lowest BCUT2D eigenvalue weighted by molar-refractivity contribution is 0.974. The van der Waals surface area contributed by atoms with E-state index in [1.54, 1.807) is 0 Å². The Morgan fingerprint density at radius 1 is 1.17 bits per heavy atom. The van der Waals surface area contributed by atoms with Gasteiger partial charge in [-0.15, -0.1) is 0 Å². The highest BCUT2D eigenvalue weighted by molar-refractivity contribution is 6.87. The molecule has 0 heterocycles. The van der Waals surface area contributed by atoms with Gasteiger partial charge in [-0.05, 0) is 11.7 Å². The summed E-state index contributed by atoms with van der Waals surface area (Å²) >= 11 is 0. The van der Waals surface area contributed by atoms with Crippen LogP contribution in [0.3, 0.4) is 0 Å². The SMILES string of the molecule is CCN[Si](C)(C)c1ccccc1. The average Bonchev–Trinajstić information content (AvgIpc) is 2.06. The molecule has 2 heteroatoms. The fourth-order valence-corrected chi connectivity index (χ4v) is 3.51. The molecule has 66 valence electrons. The quantitative estimate of drug-likeness (QED) is 0.697. The number of hydrogen-bond acceptors (Lipinski definition) is 1. The van der Waals surface area contributed by atoms with Gasteiger partial charge in [-0.25, -0.2) is 0 Å². The molecule has 0 bridgehead atoms.